The highest BCUT2D eigenvalue weighted by molar-refractivity contribution is 5.79. The van der Waals surface area contributed by atoms with E-state index in [9.17, 15) is 8.78 Å². The smallest absolute Gasteiger partial charge is 0.126 e. The van der Waals surface area contributed by atoms with E-state index < -0.39 is 11.6 Å². The van der Waals surface area contributed by atoms with E-state index >= 15 is 0 Å². The molecule has 0 saturated carbocycles. The molecule has 2 nitrogen and oxygen atoms in total. The Balaban J connectivity index is 1.55. The Morgan fingerprint density at radius 2 is 1.35 bits per heavy atom. The quantitative estimate of drug-likeness (QED) is 0.489. The van der Waals surface area contributed by atoms with Crippen molar-refractivity contribution in [2.75, 3.05) is 13.1 Å². The van der Waals surface area contributed by atoms with Gasteiger partial charge in [-0.15, -0.1) is 0 Å². The average Bonchev–Trinajstić information content (AvgIpc) is 2.80. The number of hydrogen-bond donors (Lipinski definition) is 0. The second-order valence-electron chi connectivity index (χ2n) is 8.63. The Hall–Kier alpha value is -2.85. The number of piperidine rings is 3. The fraction of sp³-hybridized carbons (Fsp3) is 0.296. The van der Waals surface area contributed by atoms with Gasteiger partial charge < -0.3 is 0 Å². The summed E-state index contributed by atoms with van der Waals surface area (Å²) in [6.07, 6.45) is 3.90. The fourth-order valence-electron chi connectivity index (χ4n) is 5.40. The molecule has 0 N–H and O–H groups in total. The first-order valence-electron chi connectivity index (χ1n) is 11.0. The van der Waals surface area contributed by atoms with Crippen LogP contribution in [0.2, 0.25) is 0 Å². The van der Waals surface area contributed by atoms with Gasteiger partial charge in [0, 0.05) is 24.2 Å². The molecule has 3 aliphatic rings. The van der Waals surface area contributed by atoms with Crippen LogP contribution >= 0.6 is 0 Å². The third-order valence-corrected chi connectivity index (χ3v) is 6.77. The first kappa shape index (κ1) is 20.1. The lowest BCUT2D eigenvalue weighted by Crippen LogP contribution is -2.59. The first-order chi connectivity index (χ1) is 15.2. The van der Waals surface area contributed by atoms with Gasteiger partial charge in [0.2, 0.25) is 0 Å². The van der Waals surface area contributed by atoms with Gasteiger partial charge in [-0.05, 0) is 60.7 Å². The monoisotopic (exact) mass is 416 g/mol. The molecule has 3 fully saturated rings. The Morgan fingerprint density at radius 3 is 1.90 bits per heavy atom. The zero-order chi connectivity index (χ0) is 21.2. The van der Waals surface area contributed by atoms with Crippen molar-refractivity contribution in [3.8, 4) is 0 Å². The first-order valence-corrected chi connectivity index (χ1v) is 11.0. The van der Waals surface area contributed by atoms with Gasteiger partial charge in [-0.25, -0.2) is 8.78 Å². The molecule has 0 spiro atoms. The number of rotatable bonds is 5. The number of aliphatic imine (C=N–C) groups is 1. The summed E-state index contributed by atoms with van der Waals surface area (Å²) in [5, 5.41) is 0. The van der Waals surface area contributed by atoms with Crippen LogP contribution in [0.4, 0.5) is 8.78 Å². The lowest BCUT2D eigenvalue weighted by molar-refractivity contribution is 0.0215. The molecule has 0 amide bonds. The van der Waals surface area contributed by atoms with Crippen molar-refractivity contribution in [1.82, 2.24) is 4.90 Å². The molecular weight excluding hydrogens is 390 g/mol. The van der Waals surface area contributed by atoms with Gasteiger partial charge in [0.25, 0.3) is 0 Å². The van der Waals surface area contributed by atoms with Gasteiger partial charge in [-0.2, -0.15) is 0 Å². The third kappa shape index (κ3) is 4.17. The van der Waals surface area contributed by atoms with Crippen molar-refractivity contribution >= 4 is 6.21 Å². The highest BCUT2D eigenvalue weighted by Crippen LogP contribution is 2.43. The lowest BCUT2D eigenvalue weighted by Gasteiger charge is -2.52. The molecule has 3 aromatic carbocycles. The predicted octanol–water partition coefficient (Wildman–Crippen LogP) is 5.68. The van der Waals surface area contributed by atoms with Crippen LogP contribution < -0.4 is 0 Å². The van der Waals surface area contributed by atoms with Crippen molar-refractivity contribution < 1.29 is 8.78 Å². The van der Waals surface area contributed by atoms with E-state index in [1.54, 1.807) is 6.21 Å². The van der Waals surface area contributed by atoms with Crippen LogP contribution in [0.25, 0.3) is 0 Å². The molecule has 6 rings (SSSR count). The van der Waals surface area contributed by atoms with E-state index in [-0.39, 0.29) is 18.0 Å². The van der Waals surface area contributed by atoms with Crippen molar-refractivity contribution in [2.45, 2.75) is 30.8 Å². The van der Waals surface area contributed by atoms with Crippen LogP contribution in [0, 0.1) is 17.6 Å². The van der Waals surface area contributed by atoms with Crippen LogP contribution in [0.15, 0.2) is 83.9 Å². The lowest BCUT2D eigenvalue weighted by atomic mass is 9.71. The maximum atomic E-state index is 13.7. The third-order valence-electron chi connectivity index (χ3n) is 6.77. The van der Waals surface area contributed by atoms with Gasteiger partial charge in [0.05, 0.1) is 6.04 Å². The Kier molecular flexibility index (Phi) is 5.65. The van der Waals surface area contributed by atoms with Crippen molar-refractivity contribution in [1.29, 1.82) is 0 Å². The van der Waals surface area contributed by atoms with Crippen LogP contribution in [-0.4, -0.2) is 36.3 Å². The molecule has 3 heterocycles. The Morgan fingerprint density at radius 1 is 0.806 bits per heavy atom. The summed E-state index contributed by atoms with van der Waals surface area (Å²) < 4.78 is 27.4. The topological polar surface area (TPSA) is 15.6 Å². The molecule has 3 saturated heterocycles. The zero-order valence-corrected chi connectivity index (χ0v) is 17.4. The minimum atomic E-state index is -0.571. The Bertz CT molecular complexity index is 984. The van der Waals surface area contributed by atoms with Gasteiger partial charge in [0.1, 0.15) is 11.6 Å². The number of benzene rings is 3. The number of nitrogens with zero attached hydrogens (tertiary/aromatic N) is 2. The fourth-order valence-corrected chi connectivity index (χ4v) is 5.40. The van der Waals surface area contributed by atoms with E-state index in [1.807, 2.05) is 12.1 Å². The SMILES string of the molecule is Fc1cc(F)cc(C=N[C@@H]2C3CCN(CC3)[C@@H]2C(c2ccccc2)c2ccccc2)c1. The van der Waals surface area contributed by atoms with Gasteiger partial charge in [-0.1, -0.05) is 60.7 Å². The highest BCUT2D eigenvalue weighted by atomic mass is 19.1. The van der Waals surface area contributed by atoms with E-state index in [0.29, 0.717) is 11.5 Å². The standard InChI is InChI=1S/C27H26F2N2/c28-23-15-19(16-24(29)17-23)18-30-26-22-11-13-31(14-12-22)27(26)25(20-7-3-1-4-8-20)21-9-5-2-6-10-21/h1-10,15-18,22,25-27H,11-14H2/t26-,27-/m1/s1. The van der Waals surface area contributed by atoms with Crippen molar-refractivity contribution in [2.24, 2.45) is 10.9 Å². The summed E-state index contributed by atoms with van der Waals surface area (Å²) >= 11 is 0. The molecule has 2 atom stereocenters. The minimum absolute atomic E-state index is 0.0826. The maximum absolute atomic E-state index is 13.7. The average molecular weight is 417 g/mol. The second kappa shape index (κ2) is 8.72. The van der Waals surface area contributed by atoms with Gasteiger partial charge in [-0.3, -0.25) is 9.89 Å². The van der Waals surface area contributed by atoms with Gasteiger partial charge in [0.15, 0.2) is 0 Å². The van der Waals surface area contributed by atoms with Gasteiger partial charge >= 0.3 is 0 Å². The molecule has 3 aliphatic heterocycles. The Labute approximate surface area is 182 Å². The second-order valence-corrected chi connectivity index (χ2v) is 8.63. The van der Waals surface area contributed by atoms with E-state index in [2.05, 4.69) is 53.4 Å². The summed E-state index contributed by atoms with van der Waals surface area (Å²) in [6.45, 7) is 2.15. The summed E-state index contributed by atoms with van der Waals surface area (Å²) in [5.41, 5.74) is 3.04. The predicted molar refractivity (Wildman–Crippen MR) is 121 cm³/mol. The minimum Gasteiger partial charge on any atom is -0.297 e. The molecular formula is C27H26F2N2. The van der Waals surface area contributed by atoms with Crippen LogP contribution in [-0.2, 0) is 0 Å². The highest BCUT2D eigenvalue weighted by Gasteiger charge is 2.46. The zero-order valence-electron chi connectivity index (χ0n) is 17.4. The molecule has 158 valence electrons. The molecule has 31 heavy (non-hydrogen) atoms. The summed E-state index contributed by atoms with van der Waals surface area (Å²) in [4.78, 5) is 7.54. The molecule has 0 unspecified atom stereocenters. The summed E-state index contributed by atoms with van der Waals surface area (Å²) in [7, 11) is 0. The van der Waals surface area contributed by atoms with E-state index in [0.717, 1.165) is 32.0 Å². The number of fused-ring (bicyclic) bond motifs is 3. The normalized spacial score (nSPS) is 25.4. The van der Waals surface area contributed by atoms with E-state index in [4.69, 9.17) is 4.99 Å². The number of hydrogen-bond acceptors (Lipinski definition) is 2. The molecule has 0 radical (unpaired) electrons. The molecule has 0 aromatic heterocycles. The maximum Gasteiger partial charge on any atom is 0.126 e. The molecule has 2 bridgehead atoms. The molecule has 0 aliphatic carbocycles. The molecule has 3 aromatic rings. The summed E-state index contributed by atoms with van der Waals surface area (Å²) in [6, 6.07) is 25.1. The summed E-state index contributed by atoms with van der Waals surface area (Å²) in [5.74, 6) is -0.465. The van der Waals surface area contributed by atoms with Crippen LogP contribution in [0.1, 0.15) is 35.4 Å². The van der Waals surface area contributed by atoms with Crippen molar-refractivity contribution in [3.05, 3.63) is 107 Å². The molecule has 4 heteroatoms. The number of halogens is 2. The van der Waals surface area contributed by atoms with Crippen molar-refractivity contribution in [3.63, 3.8) is 0 Å². The van der Waals surface area contributed by atoms with E-state index in [1.165, 1.54) is 23.3 Å². The largest absolute Gasteiger partial charge is 0.297 e. The van der Waals surface area contributed by atoms with Crippen LogP contribution in [0.3, 0.4) is 0 Å². The van der Waals surface area contributed by atoms with Crippen LogP contribution in [0.5, 0.6) is 0 Å².